The summed E-state index contributed by atoms with van der Waals surface area (Å²) in [7, 11) is 0. The van der Waals surface area contributed by atoms with Crippen LogP contribution in [0.3, 0.4) is 0 Å². The second kappa shape index (κ2) is 3.44. The lowest BCUT2D eigenvalue weighted by molar-refractivity contribution is -0.143. The zero-order valence-electron chi connectivity index (χ0n) is 8.16. The molecule has 4 nitrogen and oxygen atoms in total. The van der Waals surface area contributed by atoms with E-state index in [1.165, 1.54) is 0 Å². The molecule has 0 bridgehead atoms. The topological polar surface area (TPSA) is 66.0 Å². The van der Waals surface area contributed by atoms with Crippen molar-refractivity contribution >= 4 is 5.97 Å². The normalized spacial score (nSPS) is 22.8. The number of aromatic nitrogens is 2. The van der Waals surface area contributed by atoms with Gasteiger partial charge in [-0.1, -0.05) is 6.92 Å². The van der Waals surface area contributed by atoms with Crippen LogP contribution in [0, 0.1) is 11.8 Å². The highest BCUT2D eigenvalue weighted by atomic mass is 16.4. The van der Waals surface area contributed by atoms with E-state index in [1.807, 2.05) is 0 Å². The van der Waals surface area contributed by atoms with Gasteiger partial charge >= 0.3 is 5.97 Å². The minimum atomic E-state index is -0.696. The summed E-state index contributed by atoms with van der Waals surface area (Å²) in [5.74, 6) is -0.704. The summed E-state index contributed by atoms with van der Waals surface area (Å²) >= 11 is 0. The van der Waals surface area contributed by atoms with Crippen LogP contribution in [0.1, 0.15) is 24.7 Å². The smallest absolute Gasteiger partial charge is 0.306 e. The van der Waals surface area contributed by atoms with Gasteiger partial charge in [0.2, 0.25) is 0 Å². The molecule has 0 aliphatic heterocycles. The van der Waals surface area contributed by atoms with Crippen LogP contribution >= 0.6 is 0 Å². The van der Waals surface area contributed by atoms with Gasteiger partial charge in [-0.25, -0.2) is 4.98 Å². The average Bonchev–Trinajstić information content (AvgIpc) is 2.62. The average molecular weight is 194 g/mol. The standard InChI is InChI=1S/C10H14N2O2/c1-6(10(13)14)7-2-3-8-9(4-7)12-5-11-8/h5-7H,2-4H2,1H3,(H,11,12)(H,13,14). The van der Waals surface area contributed by atoms with E-state index in [0.717, 1.165) is 30.7 Å². The van der Waals surface area contributed by atoms with E-state index in [0.29, 0.717) is 0 Å². The summed E-state index contributed by atoms with van der Waals surface area (Å²) in [5.41, 5.74) is 2.23. The van der Waals surface area contributed by atoms with Crippen LogP contribution in [0.4, 0.5) is 0 Å². The van der Waals surface area contributed by atoms with Crippen molar-refractivity contribution in [3.63, 3.8) is 0 Å². The Kier molecular flexibility index (Phi) is 2.27. The fourth-order valence-corrected chi connectivity index (χ4v) is 2.06. The van der Waals surface area contributed by atoms with Crippen molar-refractivity contribution in [3.05, 3.63) is 17.7 Å². The van der Waals surface area contributed by atoms with E-state index in [4.69, 9.17) is 5.11 Å². The number of rotatable bonds is 2. The first kappa shape index (κ1) is 9.24. The molecule has 2 rings (SSSR count). The van der Waals surface area contributed by atoms with Gasteiger partial charge in [0.1, 0.15) is 0 Å². The Morgan fingerprint density at radius 3 is 3.29 bits per heavy atom. The fourth-order valence-electron chi connectivity index (χ4n) is 2.06. The van der Waals surface area contributed by atoms with Crippen LogP contribution in [0.5, 0.6) is 0 Å². The molecule has 1 aromatic rings. The third-order valence-corrected chi connectivity index (χ3v) is 3.12. The highest BCUT2D eigenvalue weighted by molar-refractivity contribution is 5.69. The lowest BCUT2D eigenvalue weighted by atomic mass is 9.81. The number of aliphatic carboxylic acids is 1. The Labute approximate surface area is 82.4 Å². The van der Waals surface area contributed by atoms with Gasteiger partial charge in [0.15, 0.2) is 0 Å². The molecule has 1 aliphatic rings. The Morgan fingerprint density at radius 1 is 1.79 bits per heavy atom. The first-order valence-electron chi connectivity index (χ1n) is 4.92. The quantitative estimate of drug-likeness (QED) is 0.744. The van der Waals surface area contributed by atoms with Gasteiger partial charge in [-0.2, -0.15) is 0 Å². The van der Waals surface area contributed by atoms with Crippen LogP contribution in [-0.4, -0.2) is 21.0 Å². The number of hydrogen-bond acceptors (Lipinski definition) is 2. The maximum atomic E-state index is 10.8. The number of imidazole rings is 1. The second-order valence-corrected chi connectivity index (χ2v) is 3.96. The lowest BCUT2D eigenvalue weighted by Gasteiger charge is -2.24. The van der Waals surface area contributed by atoms with Crippen LogP contribution in [-0.2, 0) is 17.6 Å². The maximum absolute atomic E-state index is 10.8. The zero-order chi connectivity index (χ0) is 10.1. The molecular weight excluding hydrogens is 180 g/mol. The van der Waals surface area contributed by atoms with Gasteiger partial charge in [0, 0.05) is 5.69 Å². The Bertz CT molecular complexity index is 346. The predicted molar refractivity (Wildman–Crippen MR) is 50.9 cm³/mol. The molecular formula is C10H14N2O2. The van der Waals surface area contributed by atoms with E-state index in [1.54, 1.807) is 13.3 Å². The number of carboxylic acid groups (broad SMARTS) is 1. The molecule has 14 heavy (non-hydrogen) atoms. The van der Waals surface area contributed by atoms with Crippen LogP contribution in [0.15, 0.2) is 6.33 Å². The highest BCUT2D eigenvalue weighted by Crippen LogP contribution is 2.28. The van der Waals surface area contributed by atoms with Crippen molar-refractivity contribution in [3.8, 4) is 0 Å². The summed E-state index contributed by atoms with van der Waals surface area (Å²) in [6.45, 7) is 1.79. The van der Waals surface area contributed by atoms with Crippen molar-refractivity contribution in [1.82, 2.24) is 9.97 Å². The number of carbonyl (C=O) groups is 1. The van der Waals surface area contributed by atoms with Gasteiger partial charge < -0.3 is 10.1 Å². The maximum Gasteiger partial charge on any atom is 0.306 e. The molecule has 0 spiro atoms. The Balaban J connectivity index is 2.11. The molecule has 0 amide bonds. The number of H-pyrrole nitrogens is 1. The molecule has 0 radical (unpaired) electrons. The number of nitrogens with zero attached hydrogens (tertiary/aromatic N) is 1. The van der Waals surface area contributed by atoms with Crippen molar-refractivity contribution < 1.29 is 9.90 Å². The van der Waals surface area contributed by atoms with Gasteiger partial charge in [-0.15, -0.1) is 0 Å². The Morgan fingerprint density at radius 2 is 2.57 bits per heavy atom. The molecule has 4 heteroatoms. The molecule has 2 atom stereocenters. The third-order valence-electron chi connectivity index (χ3n) is 3.12. The van der Waals surface area contributed by atoms with E-state index < -0.39 is 5.97 Å². The summed E-state index contributed by atoms with van der Waals surface area (Å²) in [4.78, 5) is 18.1. The first-order valence-corrected chi connectivity index (χ1v) is 4.92. The van der Waals surface area contributed by atoms with Gasteiger partial charge in [0.25, 0.3) is 0 Å². The van der Waals surface area contributed by atoms with Crippen LogP contribution in [0.25, 0.3) is 0 Å². The summed E-state index contributed by atoms with van der Waals surface area (Å²) in [6.07, 6.45) is 4.35. The predicted octanol–water partition coefficient (Wildman–Crippen LogP) is 1.24. The van der Waals surface area contributed by atoms with Gasteiger partial charge in [0.05, 0.1) is 17.9 Å². The number of aromatic amines is 1. The van der Waals surface area contributed by atoms with E-state index in [9.17, 15) is 4.79 Å². The molecule has 0 fully saturated rings. The van der Waals surface area contributed by atoms with Crippen molar-refractivity contribution in [1.29, 1.82) is 0 Å². The molecule has 1 aliphatic carbocycles. The molecule has 2 N–H and O–H groups in total. The van der Waals surface area contributed by atoms with Crippen molar-refractivity contribution in [2.75, 3.05) is 0 Å². The van der Waals surface area contributed by atoms with Crippen LogP contribution < -0.4 is 0 Å². The van der Waals surface area contributed by atoms with Crippen LogP contribution in [0.2, 0.25) is 0 Å². The number of hydrogen-bond donors (Lipinski definition) is 2. The Hall–Kier alpha value is -1.32. The SMILES string of the molecule is CC(C(=O)O)C1CCc2nc[nH]c2C1. The molecule has 1 aromatic heterocycles. The molecule has 0 saturated carbocycles. The molecule has 2 unspecified atom stereocenters. The molecule has 0 aromatic carbocycles. The summed E-state index contributed by atoms with van der Waals surface area (Å²) in [5, 5.41) is 8.91. The fraction of sp³-hybridized carbons (Fsp3) is 0.600. The number of aryl methyl sites for hydroxylation is 1. The van der Waals surface area contributed by atoms with Crippen molar-refractivity contribution in [2.24, 2.45) is 11.8 Å². The highest BCUT2D eigenvalue weighted by Gasteiger charge is 2.28. The number of carboxylic acids is 1. The third kappa shape index (κ3) is 1.52. The van der Waals surface area contributed by atoms with E-state index in [2.05, 4.69) is 9.97 Å². The molecule has 0 saturated heterocycles. The lowest BCUT2D eigenvalue weighted by Crippen LogP contribution is -2.26. The second-order valence-electron chi connectivity index (χ2n) is 3.96. The minimum absolute atomic E-state index is 0.250. The zero-order valence-corrected chi connectivity index (χ0v) is 8.16. The molecule has 1 heterocycles. The minimum Gasteiger partial charge on any atom is -0.481 e. The molecule has 76 valence electrons. The van der Waals surface area contributed by atoms with Gasteiger partial charge in [-0.05, 0) is 25.2 Å². The van der Waals surface area contributed by atoms with E-state index in [-0.39, 0.29) is 11.8 Å². The van der Waals surface area contributed by atoms with Gasteiger partial charge in [-0.3, -0.25) is 4.79 Å². The van der Waals surface area contributed by atoms with Crippen molar-refractivity contribution in [2.45, 2.75) is 26.2 Å². The summed E-state index contributed by atoms with van der Waals surface area (Å²) < 4.78 is 0. The number of nitrogens with one attached hydrogen (secondary N) is 1. The number of fused-ring (bicyclic) bond motifs is 1. The summed E-state index contributed by atoms with van der Waals surface area (Å²) in [6, 6.07) is 0. The monoisotopic (exact) mass is 194 g/mol. The first-order chi connectivity index (χ1) is 6.68. The largest absolute Gasteiger partial charge is 0.481 e. The van der Waals surface area contributed by atoms with E-state index >= 15 is 0 Å².